The van der Waals surface area contributed by atoms with Crippen LogP contribution in [0, 0.1) is 6.92 Å². The van der Waals surface area contributed by atoms with Crippen molar-refractivity contribution in [3.8, 4) is 5.75 Å². The van der Waals surface area contributed by atoms with Gasteiger partial charge in [-0.05, 0) is 36.8 Å². The molecule has 8 nitrogen and oxygen atoms in total. The summed E-state index contributed by atoms with van der Waals surface area (Å²) < 4.78 is 10.3. The number of esters is 1. The molecule has 0 fully saturated rings. The van der Waals surface area contributed by atoms with E-state index in [1.807, 2.05) is 55.5 Å². The number of aryl methyl sites for hydroxylation is 1. The number of nitrogens with zero attached hydrogens (tertiary/aromatic N) is 3. The Morgan fingerprint density at radius 3 is 2.48 bits per heavy atom. The fourth-order valence-electron chi connectivity index (χ4n) is 3.33. The molecule has 0 saturated heterocycles. The highest BCUT2D eigenvalue weighted by Crippen LogP contribution is 2.40. The van der Waals surface area contributed by atoms with Gasteiger partial charge in [-0.15, -0.1) is 5.10 Å². The highest BCUT2D eigenvalue weighted by molar-refractivity contribution is 8.00. The number of thioether (sulfide) groups is 1. The van der Waals surface area contributed by atoms with E-state index in [9.17, 15) is 9.59 Å². The van der Waals surface area contributed by atoms with Crippen LogP contribution in [0.15, 0.2) is 53.6 Å². The molecule has 31 heavy (non-hydrogen) atoms. The maximum absolute atomic E-state index is 13.5. The summed E-state index contributed by atoms with van der Waals surface area (Å²) in [6, 6.07) is 14.6. The van der Waals surface area contributed by atoms with Gasteiger partial charge in [0, 0.05) is 5.56 Å². The summed E-state index contributed by atoms with van der Waals surface area (Å²) in [6.07, 6.45) is 0. The van der Waals surface area contributed by atoms with Crippen LogP contribution in [-0.2, 0) is 4.74 Å². The Kier molecular flexibility index (Phi) is 5.94. The van der Waals surface area contributed by atoms with E-state index >= 15 is 0 Å². The van der Waals surface area contributed by atoms with Gasteiger partial charge in [-0.3, -0.25) is 10.2 Å². The topological polar surface area (TPSA) is 95.3 Å². The normalized spacial score (nSPS) is 17.4. The lowest BCUT2D eigenvalue weighted by Crippen LogP contribution is -2.39. The van der Waals surface area contributed by atoms with Crippen LogP contribution < -0.4 is 10.2 Å². The van der Waals surface area contributed by atoms with Gasteiger partial charge in [-0.2, -0.15) is 4.79 Å². The van der Waals surface area contributed by atoms with Crippen LogP contribution in [-0.4, -0.2) is 45.8 Å². The Balaban J connectivity index is 1.74. The molecule has 2 heterocycles. The third-order valence-electron chi connectivity index (χ3n) is 4.97. The van der Waals surface area contributed by atoms with Crippen molar-refractivity contribution in [2.75, 3.05) is 19.1 Å². The van der Waals surface area contributed by atoms with Crippen LogP contribution in [0.5, 0.6) is 5.75 Å². The smallest absolute Gasteiger partial charge is 0.361 e. The van der Waals surface area contributed by atoms with Crippen LogP contribution in [0.2, 0.25) is 0 Å². The summed E-state index contributed by atoms with van der Waals surface area (Å²) >= 11 is 1.26. The van der Waals surface area contributed by atoms with Gasteiger partial charge in [0.2, 0.25) is 5.69 Å². The van der Waals surface area contributed by atoms with E-state index in [0.717, 1.165) is 16.9 Å². The predicted molar refractivity (Wildman–Crippen MR) is 116 cm³/mol. The minimum absolute atomic E-state index is 0.0550. The quantitative estimate of drug-likeness (QED) is 0.462. The second kappa shape index (κ2) is 8.81. The molecule has 0 saturated carbocycles. The first kappa shape index (κ1) is 20.9. The van der Waals surface area contributed by atoms with E-state index in [2.05, 4.69) is 15.7 Å². The summed E-state index contributed by atoms with van der Waals surface area (Å²) in [5, 5.41) is 7.93. The molecule has 1 aromatic heterocycles. The Bertz CT molecular complexity index is 1100. The monoisotopic (exact) mass is 438 g/mol. The van der Waals surface area contributed by atoms with Crippen molar-refractivity contribution in [2.24, 2.45) is 0 Å². The van der Waals surface area contributed by atoms with Crippen molar-refractivity contribution in [2.45, 2.75) is 30.2 Å². The highest BCUT2D eigenvalue weighted by atomic mass is 32.2. The van der Waals surface area contributed by atoms with Gasteiger partial charge in [-0.25, -0.2) is 4.79 Å². The lowest BCUT2D eigenvalue weighted by atomic mass is 9.97. The van der Waals surface area contributed by atoms with Crippen LogP contribution in [0.4, 0.5) is 0 Å². The summed E-state index contributed by atoms with van der Waals surface area (Å²) in [6.45, 7) is 3.92. The van der Waals surface area contributed by atoms with Gasteiger partial charge in [0.05, 0.1) is 19.8 Å². The average molecular weight is 439 g/mol. The first-order valence-electron chi connectivity index (χ1n) is 9.82. The fraction of sp³-hybridized carbons (Fsp3) is 0.273. The van der Waals surface area contributed by atoms with Crippen LogP contribution in [0.3, 0.4) is 0 Å². The molecule has 0 unspecified atom stereocenters. The predicted octanol–water partition coefficient (Wildman–Crippen LogP) is 3.41. The van der Waals surface area contributed by atoms with Gasteiger partial charge in [0.15, 0.2) is 10.8 Å². The van der Waals surface area contributed by atoms with E-state index in [1.165, 1.54) is 16.6 Å². The molecule has 1 N–H and O–H groups in total. The van der Waals surface area contributed by atoms with E-state index in [4.69, 9.17) is 9.47 Å². The van der Waals surface area contributed by atoms with Crippen molar-refractivity contribution < 1.29 is 19.1 Å². The molecule has 0 amide bonds. The molecule has 0 radical (unpaired) electrons. The number of methoxy groups -OCH3 is 1. The molecule has 1 aliphatic rings. The molecule has 4 rings (SSSR count). The lowest BCUT2D eigenvalue weighted by Gasteiger charge is -2.32. The number of carbonyl (C=O) groups is 2. The van der Waals surface area contributed by atoms with Gasteiger partial charge in [0.25, 0.3) is 0 Å². The maximum Gasteiger partial charge on any atom is 0.361 e. The van der Waals surface area contributed by atoms with Gasteiger partial charge < -0.3 is 9.47 Å². The number of ketones is 1. The Morgan fingerprint density at radius 1 is 1.13 bits per heavy atom. The SMILES string of the molecule is CCOC(=O)c1nnn2c1S[C@H](C(=O)c1ccc(C)cc1)[C@H](c1ccc(OC)cc1)N2. The third-order valence-corrected chi connectivity index (χ3v) is 6.30. The number of hydrogen-bond donors (Lipinski definition) is 1. The lowest BCUT2D eigenvalue weighted by molar-refractivity contribution is 0.0514. The second-order valence-electron chi connectivity index (χ2n) is 7.02. The Morgan fingerprint density at radius 2 is 1.84 bits per heavy atom. The number of rotatable bonds is 6. The van der Waals surface area contributed by atoms with Crippen molar-refractivity contribution in [1.82, 2.24) is 15.1 Å². The molecule has 0 bridgehead atoms. The fourth-order valence-corrected chi connectivity index (χ4v) is 4.59. The minimum atomic E-state index is -0.567. The summed E-state index contributed by atoms with van der Waals surface area (Å²) in [4.78, 5) is 27.2. The van der Waals surface area contributed by atoms with Crippen LogP contribution in [0.1, 0.15) is 44.9 Å². The number of ether oxygens (including phenoxy) is 2. The number of benzene rings is 2. The summed E-state index contributed by atoms with van der Waals surface area (Å²) in [5.74, 6) is 0.0997. The van der Waals surface area contributed by atoms with E-state index < -0.39 is 17.3 Å². The molecule has 160 valence electrons. The standard InChI is InChI=1S/C22H22N4O4S/c1-4-30-22(28)18-21-26(25-23-18)24-17(14-9-11-16(29-3)12-10-14)20(31-21)19(27)15-7-5-13(2)6-8-15/h5-12,17,20,24H,4H2,1-3H3/t17-,20-/m0/s1. The number of hydrogen-bond acceptors (Lipinski definition) is 8. The summed E-state index contributed by atoms with van der Waals surface area (Å²) in [7, 11) is 1.60. The molecule has 0 aliphatic carbocycles. The van der Waals surface area contributed by atoms with Crippen molar-refractivity contribution in [1.29, 1.82) is 0 Å². The zero-order chi connectivity index (χ0) is 22.0. The molecule has 2 aromatic carbocycles. The van der Waals surface area contributed by atoms with Crippen molar-refractivity contribution >= 4 is 23.5 Å². The van der Waals surface area contributed by atoms with E-state index in [1.54, 1.807) is 14.0 Å². The largest absolute Gasteiger partial charge is 0.497 e. The third kappa shape index (κ3) is 4.13. The highest BCUT2D eigenvalue weighted by Gasteiger charge is 2.39. The minimum Gasteiger partial charge on any atom is -0.497 e. The zero-order valence-corrected chi connectivity index (χ0v) is 18.2. The Hall–Kier alpha value is -3.33. The molecule has 0 spiro atoms. The van der Waals surface area contributed by atoms with Gasteiger partial charge >= 0.3 is 5.97 Å². The average Bonchev–Trinajstić information content (AvgIpc) is 3.21. The van der Waals surface area contributed by atoms with Gasteiger partial charge in [0.1, 0.15) is 11.0 Å². The molecular formula is C22H22N4O4S. The molecular weight excluding hydrogens is 416 g/mol. The molecule has 1 aliphatic heterocycles. The first-order chi connectivity index (χ1) is 15.0. The molecule has 3 aromatic rings. The molecule has 9 heteroatoms. The van der Waals surface area contributed by atoms with Crippen molar-refractivity contribution in [3.05, 3.63) is 70.9 Å². The first-order valence-corrected chi connectivity index (χ1v) is 10.7. The number of nitrogens with one attached hydrogen (secondary N) is 1. The van der Waals surface area contributed by atoms with Crippen molar-refractivity contribution in [3.63, 3.8) is 0 Å². The maximum atomic E-state index is 13.5. The van der Waals surface area contributed by atoms with E-state index in [0.29, 0.717) is 10.6 Å². The zero-order valence-electron chi connectivity index (χ0n) is 17.4. The second-order valence-corrected chi connectivity index (χ2v) is 8.15. The van der Waals surface area contributed by atoms with E-state index in [-0.39, 0.29) is 18.1 Å². The Labute approximate surface area is 183 Å². The number of carbonyl (C=O) groups excluding carboxylic acids is 2. The molecule has 2 atom stereocenters. The van der Waals surface area contributed by atoms with Crippen LogP contribution in [0.25, 0.3) is 0 Å². The number of Topliss-reactive ketones (excluding diaryl/α,β-unsaturated/α-hetero) is 1. The van der Waals surface area contributed by atoms with Crippen LogP contribution >= 0.6 is 11.8 Å². The number of fused-ring (bicyclic) bond motifs is 1. The number of aromatic nitrogens is 3. The van der Waals surface area contributed by atoms with Gasteiger partial charge in [-0.1, -0.05) is 53.7 Å². The summed E-state index contributed by atoms with van der Waals surface area (Å²) in [5.41, 5.74) is 5.88.